The molecule has 0 radical (unpaired) electrons. The Bertz CT molecular complexity index is 601. The van der Waals surface area contributed by atoms with Crippen LogP contribution in [-0.4, -0.2) is 29.2 Å². The molecule has 1 aromatic carbocycles. The predicted molar refractivity (Wildman–Crippen MR) is 72.5 cm³/mol. The average Bonchev–Trinajstić information content (AvgIpc) is 3.01. The molecular weight excluding hydrogens is 282 g/mol. The summed E-state index contributed by atoms with van der Waals surface area (Å²) < 4.78 is 5.46. The number of carbonyl (C=O) groups excluding carboxylic acids is 1. The molecule has 0 spiro atoms. The average molecular weight is 294 g/mol. The predicted octanol–water partition coefficient (Wildman–Crippen LogP) is 1.93. The molecule has 1 fully saturated rings. The summed E-state index contributed by atoms with van der Waals surface area (Å²) in [7, 11) is 0. The first-order chi connectivity index (χ1) is 9.58. The molecule has 1 amide bonds. The van der Waals surface area contributed by atoms with E-state index in [4.69, 9.17) is 16.3 Å². The lowest BCUT2D eigenvalue weighted by molar-refractivity contribution is -0.145. The van der Waals surface area contributed by atoms with Gasteiger partial charge < -0.3 is 15.2 Å². The quantitative estimate of drug-likeness (QED) is 0.835. The number of ether oxygens (including phenoxy) is 1. The third kappa shape index (κ3) is 2.09. The van der Waals surface area contributed by atoms with E-state index in [1.165, 1.54) is 0 Å². The highest BCUT2D eigenvalue weighted by Gasteiger charge is 2.53. The number of halogens is 1. The van der Waals surface area contributed by atoms with Crippen LogP contribution in [0.4, 0.5) is 5.69 Å². The Balaban J connectivity index is 1.82. The lowest BCUT2D eigenvalue weighted by Gasteiger charge is -2.21. The maximum atomic E-state index is 12.3. The lowest BCUT2D eigenvalue weighted by Crippen LogP contribution is -2.39. The second-order valence-corrected chi connectivity index (χ2v) is 5.22. The van der Waals surface area contributed by atoms with Crippen molar-refractivity contribution in [2.24, 2.45) is 11.8 Å². The number of hydrogen-bond acceptors (Lipinski definition) is 3. The third-order valence-corrected chi connectivity index (χ3v) is 3.95. The van der Waals surface area contributed by atoms with Gasteiger partial charge in [0.1, 0.15) is 5.92 Å². The van der Waals surface area contributed by atoms with Gasteiger partial charge in [-0.15, -0.1) is 0 Å². The first-order valence-corrected chi connectivity index (χ1v) is 6.57. The number of carbonyl (C=O) groups is 2. The van der Waals surface area contributed by atoms with Crippen LogP contribution in [0.1, 0.15) is 0 Å². The van der Waals surface area contributed by atoms with E-state index in [0.717, 1.165) is 0 Å². The first-order valence-electron chi connectivity index (χ1n) is 6.20. The normalized spacial score (nSPS) is 30.4. The first kappa shape index (κ1) is 13.1. The summed E-state index contributed by atoms with van der Waals surface area (Å²) in [6, 6.07) is 6.82. The van der Waals surface area contributed by atoms with E-state index in [1.807, 2.05) is 0 Å². The molecule has 2 N–H and O–H groups in total. The Labute approximate surface area is 120 Å². The number of anilines is 1. The van der Waals surface area contributed by atoms with Crippen LogP contribution in [-0.2, 0) is 14.3 Å². The molecule has 2 aliphatic rings. The van der Waals surface area contributed by atoms with Crippen LogP contribution in [0.15, 0.2) is 36.4 Å². The summed E-state index contributed by atoms with van der Waals surface area (Å²) in [4.78, 5) is 23.6. The monoisotopic (exact) mass is 293 g/mol. The highest BCUT2D eigenvalue weighted by atomic mass is 35.5. The molecule has 1 aromatic rings. The molecule has 6 heteroatoms. The maximum absolute atomic E-state index is 12.3. The minimum atomic E-state index is -1.03. The third-order valence-electron chi connectivity index (χ3n) is 3.62. The van der Waals surface area contributed by atoms with E-state index in [1.54, 1.807) is 36.4 Å². The van der Waals surface area contributed by atoms with Gasteiger partial charge in [0.25, 0.3) is 0 Å². The van der Waals surface area contributed by atoms with Gasteiger partial charge >= 0.3 is 5.97 Å². The second kappa shape index (κ2) is 4.92. The van der Waals surface area contributed by atoms with E-state index in [2.05, 4.69) is 5.32 Å². The summed E-state index contributed by atoms with van der Waals surface area (Å²) in [6.45, 7) is 0. The van der Waals surface area contributed by atoms with Gasteiger partial charge in [-0.1, -0.05) is 35.9 Å². The Kier molecular flexibility index (Phi) is 3.23. The molecule has 5 nitrogen and oxygen atoms in total. The van der Waals surface area contributed by atoms with E-state index >= 15 is 0 Å². The van der Waals surface area contributed by atoms with Crippen molar-refractivity contribution in [1.29, 1.82) is 0 Å². The minimum absolute atomic E-state index is 0.387. The minimum Gasteiger partial charge on any atom is -0.481 e. The molecule has 0 unspecified atom stereocenters. The van der Waals surface area contributed by atoms with Crippen molar-refractivity contribution in [2.75, 3.05) is 5.32 Å². The number of aliphatic carboxylic acids is 1. The molecule has 2 bridgehead atoms. The van der Waals surface area contributed by atoms with Crippen LogP contribution in [0.25, 0.3) is 0 Å². The number of rotatable bonds is 3. The maximum Gasteiger partial charge on any atom is 0.310 e. The van der Waals surface area contributed by atoms with Crippen molar-refractivity contribution in [3.8, 4) is 0 Å². The smallest absolute Gasteiger partial charge is 0.310 e. The zero-order chi connectivity index (χ0) is 14.3. The molecule has 4 atom stereocenters. The van der Waals surface area contributed by atoms with E-state index < -0.39 is 30.0 Å². The highest BCUT2D eigenvalue weighted by molar-refractivity contribution is 6.33. The van der Waals surface area contributed by atoms with Crippen molar-refractivity contribution in [3.05, 3.63) is 41.4 Å². The number of fused-ring (bicyclic) bond motifs is 2. The van der Waals surface area contributed by atoms with Gasteiger partial charge in [-0.05, 0) is 12.1 Å². The zero-order valence-corrected chi connectivity index (χ0v) is 11.1. The fourth-order valence-electron chi connectivity index (χ4n) is 2.69. The largest absolute Gasteiger partial charge is 0.481 e. The SMILES string of the molecule is O=C(O)[C@@H]1[C@@H](C(=O)Nc2ccccc2Cl)[C@H]2C=C[C@@H]1O2. The van der Waals surface area contributed by atoms with Gasteiger partial charge in [-0.3, -0.25) is 9.59 Å². The number of amides is 1. The van der Waals surface area contributed by atoms with Crippen molar-refractivity contribution in [1.82, 2.24) is 0 Å². The summed E-state index contributed by atoms with van der Waals surface area (Å²) >= 11 is 5.98. The fraction of sp³-hybridized carbons (Fsp3) is 0.286. The van der Waals surface area contributed by atoms with Gasteiger partial charge in [0.05, 0.1) is 28.8 Å². The van der Waals surface area contributed by atoms with Crippen molar-refractivity contribution in [2.45, 2.75) is 12.2 Å². The fourth-order valence-corrected chi connectivity index (χ4v) is 2.88. The number of carboxylic acid groups (broad SMARTS) is 1. The lowest BCUT2D eigenvalue weighted by atomic mass is 9.82. The van der Waals surface area contributed by atoms with Gasteiger partial charge in [-0.2, -0.15) is 0 Å². The number of hydrogen-bond donors (Lipinski definition) is 2. The summed E-state index contributed by atoms with van der Waals surface area (Å²) in [5.74, 6) is -3.00. The molecule has 104 valence electrons. The highest BCUT2D eigenvalue weighted by Crippen LogP contribution is 2.40. The van der Waals surface area contributed by atoms with Crippen LogP contribution >= 0.6 is 11.6 Å². The van der Waals surface area contributed by atoms with Gasteiger partial charge in [-0.25, -0.2) is 0 Å². The Morgan fingerprint density at radius 1 is 1.15 bits per heavy atom. The van der Waals surface area contributed by atoms with E-state index in [9.17, 15) is 14.7 Å². The molecule has 1 saturated heterocycles. The second-order valence-electron chi connectivity index (χ2n) is 4.81. The zero-order valence-electron chi connectivity index (χ0n) is 10.3. The number of para-hydroxylation sites is 1. The number of nitrogens with one attached hydrogen (secondary N) is 1. The van der Waals surface area contributed by atoms with Crippen molar-refractivity contribution >= 4 is 29.2 Å². The van der Waals surface area contributed by atoms with Gasteiger partial charge in [0, 0.05) is 0 Å². The van der Waals surface area contributed by atoms with Gasteiger partial charge in [0.15, 0.2) is 0 Å². The molecule has 2 heterocycles. The van der Waals surface area contributed by atoms with Crippen LogP contribution in [0.2, 0.25) is 5.02 Å². The van der Waals surface area contributed by atoms with Crippen LogP contribution in [0, 0.1) is 11.8 Å². The van der Waals surface area contributed by atoms with E-state index in [-0.39, 0.29) is 5.91 Å². The summed E-state index contributed by atoms with van der Waals surface area (Å²) in [6.07, 6.45) is 2.42. The van der Waals surface area contributed by atoms with Crippen LogP contribution in [0.3, 0.4) is 0 Å². The standard InChI is InChI=1S/C14H12ClNO4/c15-7-3-1-2-4-8(7)16-13(17)11-9-5-6-10(20-9)12(11)14(18)19/h1-6,9-12H,(H,16,17)(H,18,19)/t9-,10+,11+,12+/m1/s1. The van der Waals surface area contributed by atoms with Gasteiger partial charge in [0.2, 0.25) is 5.91 Å². The molecule has 0 aliphatic carbocycles. The van der Waals surface area contributed by atoms with E-state index in [0.29, 0.717) is 10.7 Å². The van der Waals surface area contributed by atoms with Crippen molar-refractivity contribution < 1.29 is 19.4 Å². The summed E-state index contributed by atoms with van der Waals surface area (Å²) in [5, 5.41) is 12.3. The number of carboxylic acids is 1. The molecule has 3 rings (SSSR count). The molecule has 2 aliphatic heterocycles. The summed E-state index contributed by atoms with van der Waals surface area (Å²) in [5.41, 5.74) is 0.468. The molecular formula is C14H12ClNO4. The molecule has 0 aromatic heterocycles. The Hall–Kier alpha value is -1.85. The van der Waals surface area contributed by atoms with Crippen LogP contribution in [0.5, 0.6) is 0 Å². The van der Waals surface area contributed by atoms with Crippen LogP contribution < -0.4 is 5.32 Å². The topological polar surface area (TPSA) is 75.6 Å². The van der Waals surface area contributed by atoms with Crippen molar-refractivity contribution in [3.63, 3.8) is 0 Å². The Morgan fingerprint density at radius 2 is 1.80 bits per heavy atom. The molecule has 0 saturated carbocycles. The Morgan fingerprint density at radius 3 is 2.45 bits per heavy atom. The molecule has 20 heavy (non-hydrogen) atoms. The number of benzene rings is 1.